The molecule has 0 radical (unpaired) electrons. The second-order valence-corrected chi connectivity index (χ2v) is 11.9. The Kier molecular flexibility index (Phi) is 5.13. The van der Waals surface area contributed by atoms with Crippen LogP contribution in [0.1, 0.15) is 52.4 Å². The highest BCUT2D eigenvalue weighted by Crippen LogP contribution is 2.61. The number of primary amides is 1. The third-order valence-electron chi connectivity index (χ3n) is 7.29. The maximum atomic E-state index is 13.3. The smallest absolute Gasteiger partial charge is 0.241 e. The van der Waals surface area contributed by atoms with E-state index in [0.29, 0.717) is 24.0 Å². The number of rotatable bonds is 7. The van der Waals surface area contributed by atoms with Crippen LogP contribution < -0.4 is 20.5 Å². The van der Waals surface area contributed by atoms with Crippen LogP contribution >= 0.6 is 0 Å². The van der Waals surface area contributed by atoms with Crippen LogP contribution in [0.3, 0.4) is 0 Å². The van der Waals surface area contributed by atoms with Gasteiger partial charge in [0.15, 0.2) is 0 Å². The topological polar surface area (TPSA) is 128 Å². The van der Waals surface area contributed by atoms with Crippen molar-refractivity contribution in [2.24, 2.45) is 23.0 Å². The van der Waals surface area contributed by atoms with Crippen molar-refractivity contribution in [3.8, 4) is 5.75 Å². The molecule has 170 valence electrons. The van der Waals surface area contributed by atoms with Crippen LogP contribution in [0.5, 0.6) is 5.75 Å². The Morgan fingerprint density at radius 3 is 2.19 bits per heavy atom. The summed E-state index contributed by atoms with van der Waals surface area (Å²) in [5.74, 6) is 0.605. The van der Waals surface area contributed by atoms with Crippen LogP contribution in [0.25, 0.3) is 0 Å². The molecule has 5 rings (SSSR count). The van der Waals surface area contributed by atoms with Gasteiger partial charge in [-0.1, -0.05) is 0 Å². The number of carbonyl (C=O) groups is 2. The minimum atomic E-state index is -3.92. The van der Waals surface area contributed by atoms with Gasteiger partial charge in [0, 0.05) is 5.54 Å². The number of hydrogen-bond acceptors (Lipinski definition) is 5. The SMILES string of the molecule is COc1ccc(S(=O)(=O)NC(C)(C)C(=O)NC23CC4CC(C2)CC(C(N)=O)(C4)C3)cc1. The number of methoxy groups -OCH3 is 1. The summed E-state index contributed by atoms with van der Waals surface area (Å²) < 4.78 is 33.3. The third-order valence-corrected chi connectivity index (χ3v) is 8.96. The molecule has 2 unspecified atom stereocenters. The van der Waals surface area contributed by atoms with Crippen molar-refractivity contribution in [3.63, 3.8) is 0 Å². The number of nitrogens with one attached hydrogen (secondary N) is 2. The van der Waals surface area contributed by atoms with E-state index in [-0.39, 0.29) is 10.8 Å². The quantitative estimate of drug-likeness (QED) is 0.584. The Balaban J connectivity index is 1.51. The van der Waals surface area contributed by atoms with Gasteiger partial charge < -0.3 is 15.8 Å². The first-order valence-electron chi connectivity index (χ1n) is 10.7. The van der Waals surface area contributed by atoms with Crippen molar-refractivity contribution >= 4 is 21.8 Å². The molecule has 8 nitrogen and oxygen atoms in total. The lowest BCUT2D eigenvalue weighted by Gasteiger charge is -2.61. The fourth-order valence-electron chi connectivity index (χ4n) is 6.29. The highest BCUT2D eigenvalue weighted by molar-refractivity contribution is 7.89. The Morgan fingerprint density at radius 1 is 1.10 bits per heavy atom. The van der Waals surface area contributed by atoms with Crippen molar-refractivity contribution in [1.82, 2.24) is 10.0 Å². The van der Waals surface area contributed by atoms with Crippen molar-refractivity contribution in [2.75, 3.05) is 7.11 Å². The largest absolute Gasteiger partial charge is 0.497 e. The van der Waals surface area contributed by atoms with Gasteiger partial charge in [-0.3, -0.25) is 9.59 Å². The molecule has 4 N–H and O–H groups in total. The zero-order valence-electron chi connectivity index (χ0n) is 18.2. The molecule has 0 aromatic heterocycles. The summed E-state index contributed by atoms with van der Waals surface area (Å²) in [7, 11) is -2.42. The van der Waals surface area contributed by atoms with Crippen LogP contribution in [0.4, 0.5) is 0 Å². The molecule has 0 saturated heterocycles. The molecule has 9 heteroatoms. The summed E-state index contributed by atoms with van der Waals surface area (Å²) in [5, 5.41) is 3.14. The number of benzene rings is 1. The minimum Gasteiger partial charge on any atom is -0.497 e. The number of amides is 2. The van der Waals surface area contributed by atoms with E-state index in [2.05, 4.69) is 10.0 Å². The molecule has 1 aromatic carbocycles. The van der Waals surface area contributed by atoms with E-state index in [4.69, 9.17) is 10.5 Å². The van der Waals surface area contributed by atoms with Crippen molar-refractivity contribution in [1.29, 1.82) is 0 Å². The van der Waals surface area contributed by atoms with Gasteiger partial charge in [0.25, 0.3) is 0 Å². The van der Waals surface area contributed by atoms with Gasteiger partial charge in [-0.2, -0.15) is 4.72 Å². The molecule has 2 amide bonds. The molecule has 0 aliphatic heterocycles. The van der Waals surface area contributed by atoms with Gasteiger partial charge in [0.2, 0.25) is 21.8 Å². The highest BCUT2D eigenvalue weighted by atomic mass is 32.2. The average molecular weight is 450 g/mol. The predicted molar refractivity (Wildman–Crippen MR) is 115 cm³/mol. The first-order chi connectivity index (χ1) is 14.4. The van der Waals surface area contributed by atoms with Gasteiger partial charge in [0.05, 0.1) is 17.4 Å². The molecule has 4 saturated carbocycles. The van der Waals surface area contributed by atoms with Gasteiger partial charge in [-0.15, -0.1) is 0 Å². The fourth-order valence-corrected chi connectivity index (χ4v) is 7.67. The zero-order chi connectivity index (χ0) is 22.7. The molecule has 31 heavy (non-hydrogen) atoms. The molecule has 0 heterocycles. The summed E-state index contributed by atoms with van der Waals surface area (Å²) >= 11 is 0. The lowest BCUT2D eigenvalue weighted by molar-refractivity contribution is -0.151. The molecular formula is C22H31N3O5S. The predicted octanol–water partition coefficient (Wildman–Crippen LogP) is 1.69. The number of ether oxygens (including phenoxy) is 1. The van der Waals surface area contributed by atoms with Crippen LogP contribution in [0.15, 0.2) is 29.2 Å². The maximum Gasteiger partial charge on any atom is 0.241 e. The normalized spacial score (nSPS) is 32.0. The molecule has 2 atom stereocenters. The van der Waals surface area contributed by atoms with E-state index in [9.17, 15) is 18.0 Å². The van der Waals surface area contributed by atoms with Gasteiger partial charge in [-0.05, 0) is 88.5 Å². The van der Waals surface area contributed by atoms with Crippen molar-refractivity contribution < 1.29 is 22.7 Å². The maximum absolute atomic E-state index is 13.3. The molecule has 4 bridgehead atoms. The molecular weight excluding hydrogens is 418 g/mol. The molecule has 4 aliphatic rings. The summed E-state index contributed by atoms with van der Waals surface area (Å²) in [5.41, 5.74) is 3.36. The highest BCUT2D eigenvalue weighted by Gasteiger charge is 2.61. The van der Waals surface area contributed by atoms with E-state index >= 15 is 0 Å². The van der Waals surface area contributed by atoms with Gasteiger partial charge >= 0.3 is 0 Å². The number of nitrogens with two attached hydrogens (primary N) is 1. The lowest BCUT2D eigenvalue weighted by Crippen LogP contribution is -2.68. The average Bonchev–Trinajstić information content (AvgIpc) is 2.65. The second-order valence-electron chi connectivity index (χ2n) is 10.2. The van der Waals surface area contributed by atoms with Crippen LogP contribution in [-0.4, -0.2) is 38.4 Å². The summed E-state index contributed by atoms with van der Waals surface area (Å²) in [6, 6.07) is 5.98. The van der Waals surface area contributed by atoms with E-state index < -0.39 is 32.4 Å². The number of carbonyl (C=O) groups excluding carboxylic acids is 2. The minimum absolute atomic E-state index is 0.0525. The van der Waals surface area contributed by atoms with Crippen molar-refractivity contribution in [2.45, 2.75) is 68.3 Å². The fraction of sp³-hybridized carbons (Fsp3) is 0.636. The van der Waals surface area contributed by atoms with Crippen LogP contribution in [-0.2, 0) is 19.6 Å². The molecule has 0 spiro atoms. The lowest BCUT2D eigenvalue weighted by atomic mass is 9.46. The Morgan fingerprint density at radius 2 is 1.68 bits per heavy atom. The number of hydrogen-bond donors (Lipinski definition) is 3. The standard InChI is InChI=1S/C22H31N3O5S/c1-20(2,25-31(28,29)17-6-4-16(30-3)5-7-17)19(27)24-22-11-14-8-15(12-22)10-21(9-14,13-22)18(23)26/h4-7,14-15,25H,8-13H2,1-3H3,(H2,23,26)(H,24,27). The third kappa shape index (κ3) is 3.93. The van der Waals surface area contributed by atoms with E-state index in [0.717, 1.165) is 32.1 Å². The molecule has 4 fully saturated rings. The monoisotopic (exact) mass is 449 g/mol. The summed E-state index contributed by atoms with van der Waals surface area (Å²) in [4.78, 5) is 25.6. The summed E-state index contributed by atoms with van der Waals surface area (Å²) in [6.07, 6.45) is 4.82. The molecule has 1 aromatic rings. The van der Waals surface area contributed by atoms with E-state index in [1.165, 1.54) is 19.2 Å². The Hall–Kier alpha value is -2.13. The number of sulfonamides is 1. The summed E-state index contributed by atoms with van der Waals surface area (Å²) in [6.45, 7) is 3.10. The van der Waals surface area contributed by atoms with Crippen LogP contribution in [0.2, 0.25) is 0 Å². The Labute approximate surface area is 183 Å². The van der Waals surface area contributed by atoms with Crippen LogP contribution in [0, 0.1) is 17.3 Å². The van der Waals surface area contributed by atoms with Gasteiger partial charge in [0.1, 0.15) is 11.3 Å². The Bertz CT molecular complexity index is 988. The first-order valence-corrected chi connectivity index (χ1v) is 12.2. The van der Waals surface area contributed by atoms with E-state index in [1.807, 2.05) is 0 Å². The van der Waals surface area contributed by atoms with E-state index in [1.54, 1.807) is 26.0 Å². The van der Waals surface area contributed by atoms with Gasteiger partial charge in [-0.25, -0.2) is 8.42 Å². The van der Waals surface area contributed by atoms with Crippen molar-refractivity contribution in [3.05, 3.63) is 24.3 Å². The second kappa shape index (κ2) is 7.20. The first kappa shape index (κ1) is 22.1. The zero-order valence-corrected chi connectivity index (χ0v) is 19.1. The molecule has 4 aliphatic carbocycles.